The minimum absolute atomic E-state index is 0. The van der Waals surface area contributed by atoms with Gasteiger partial charge in [-0.3, -0.25) is 4.68 Å². The Morgan fingerprint density at radius 1 is 0.800 bits per heavy atom. The van der Waals surface area contributed by atoms with Crippen molar-refractivity contribution < 1.29 is 29.6 Å². The maximum Gasteiger partial charge on any atom is 2.00 e. The Morgan fingerprint density at radius 2 is 1.56 bits per heavy atom. The molecule has 0 fully saturated rings. The summed E-state index contributed by atoms with van der Waals surface area (Å²) in [6, 6.07) is 36.1. The summed E-state index contributed by atoms with van der Waals surface area (Å²) in [7, 11) is 0. The number of para-hydroxylation sites is 1. The molecule has 0 aliphatic carbocycles. The van der Waals surface area contributed by atoms with Crippen LogP contribution in [0.5, 0.6) is 11.5 Å². The van der Waals surface area contributed by atoms with Gasteiger partial charge in [0.25, 0.3) is 0 Å². The van der Waals surface area contributed by atoms with Crippen LogP contribution < -0.4 is 4.74 Å². The molecule has 0 N–H and O–H groups in total. The summed E-state index contributed by atoms with van der Waals surface area (Å²) in [5, 5.41) is 6.93. The van der Waals surface area contributed by atoms with Crippen molar-refractivity contribution in [2.24, 2.45) is 0 Å². The molecule has 4 aromatic carbocycles. The van der Waals surface area contributed by atoms with E-state index in [4.69, 9.17) is 9.84 Å². The van der Waals surface area contributed by atoms with Crippen LogP contribution in [0.1, 0.15) is 37.7 Å². The summed E-state index contributed by atoms with van der Waals surface area (Å²) in [6.45, 7) is 10.6. The van der Waals surface area contributed by atoms with E-state index in [1.807, 2.05) is 76.8 Å². The first kappa shape index (κ1) is 30.5. The molecule has 0 bridgehead atoms. The zero-order valence-corrected chi connectivity index (χ0v) is 27.2. The van der Waals surface area contributed by atoms with Crippen molar-refractivity contribution >= 4 is 21.8 Å². The van der Waals surface area contributed by atoms with Crippen LogP contribution in [0, 0.1) is 31.8 Å². The molecule has 0 spiro atoms. The second kappa shape index (κ2) is 11.7. The quantitative estimate of drug-likeness (QED) is 0.134. The van der Waals surface area contributed by atoms with Crippen molar-refractivity contribution in [2.45, 2.75) is 40.0 Å². The Bertz CT molecular complexity index is 2180. The third kappa shape index (κ3) is 5.59. The maximum absolute atomic E-state index is 14.3. The molecule has 45 heavy (non-hydrogen) atoms. The summed E-state index contributed by atoms with van der Waals surface area (Å²) in [5.74, 6) is 1.20. The molecule has 0 saturated carbocycles. The van der Waals surface area contributed by atoms with Gasteiger partial charge in [0.15, 0.2) is 0 Å². The van der Waals surface area contributed by atoms with Gasteiger partial charge in [-0.2, -0.15) is 11.2 Å². The van der Waals surface area contributed by atoms with Gasteiger partial charge < -0.3 is 9.30 Å². The van der Waals surface area contributed by atoms with E-state index in [9.17, 15) is 4.39 Å². The smallest absolute Gasteiger partial charge is 0.509 e. The van der Waals surface area contributed by atoms with Crippen LogP contribution in [0.2, 0.25) is 0 Å². The SMILES string of the molecule is Cc1nn(-c2[c-]c(Oc3[c-]c4c(cc3)c3ccccc3n4-c3cc(F)ccn3)cc(C(C)(C)C)c2)c(C)c1-c1ccccc1.[Pd+2]. The second-order valence-corrected chi connectivity index (χ2v) is 12.1. The number of ether oxygens (including phenoxy) is 1. The first-order valence-corrected chi connectivity index (χ1v) is 14.6. The number of benzene rings is 4. The fourth-order valence-electron chi connectivity index (χ4n) is 5.84. The average Bonchev–Trinajstić information content (AvgIpc) is 3.49. The molecule has 3 heterocycles. The summed E-state index contributed by atoms with van der Waals surface area (Å²) in [6.07, 6.45) is 1.47. The Kier molecular flexibility index (Phi) is 7.95. The molecule has 3 aromatic heterocycles. The number of pyridine rings is 1. The Morgan fingerprint density at radius 3 is 2.31 bits per heavy atom. The minimum atomic E-state index is -0.353. The standard InChI is InChI=1S/C38H31FN4O.Pd/c1-24-37(26-11-7-6-8-12-26)25(2)43(41-24)29-19-27(38(3,4)5)20-31(22-29)44-30-15-16-33-32-13-9-10-14-34(32)42(35(33)23-30)36-21-28(39)17-18-40-36;/h6-21H,1-5H3;/q-2;+2. The molecular weight excluding hydrogens is 654 g/mol. The molecule has 0 atom stereocenters. The van der Waals surface area contributed by atoms with E-state index < -0.39 is 0 Å². The number of aryl methyl sites for hydroxylation is 1. The number of nitrogens with zero attached hydrogens (tertiary/aromatic N) is 4. The number of fused-ring (bicyclic) bond motifs is 3. The van der Waals surface area contributed by atoms with Crippen LogP contribution in [0.25, 0.3) is 44.4 Å². The molecule has 5 nitrogen and oxygen atoms in total. The van der Waals surface area contributed by atoms with Gasteiger partial charge in [0, 0.05) is 40.5 Å². The van der Waals surface area contributed by atoms with Gasteiger partial charge in [0.1, 0.15) is 11.6 Å². The largest absolute Gasteiger partial charge is 2.00 e. The average molecular weight is 685 g/mol. The first-order chi connectivity index (χ1) is 21.2. The van der Waals surface area contributed by atoms with E-state index in [0.29, 0.717) is 17.3 Å². The van der Waals surface area contributed by atoms with E-state index >= 15 is 0 Å². The normalized spacial score (nSPS) is 11.6. The van der Waals surface area contributed by atoms with Crippen LogP contribution >= 0.6 is 0 Å². The van der Waals surface area contributed by atoms with Crippen molar-refractivity contribution in [3.05, 3.63) is 132 Å². The van der Waals surface area contributed by atoms with Crippen LogP contribution in [-0.2, 0) is 25.8 Å². The zero-order valence-electron chi connectivity index (χ0n) is 25.6. The van der Waals surface area contributed by atoms with E-state index in [-0.39, 0.29) is 31.7 Å². The van der Waals surface area contributed by atoms with Crippen molar-refractivity contribution in [1.29, 1.82) is 0 Å². The van der Waals surface area contributed by atoms with Crippen LogP contribution in [0.4, 0.5) is 4.39 Å². The van der Waals surface area contributed by atoms with E-state index in [0.717, 1.165) is 55.6 Å². The van der Waals surface area contributed by atoms with Crippen LogP contribution in [-0.4, -0.2) is 19.3 Å². The van der Waals surface area contributed by atoms with E-state index in [1.165, 1.54) is 18.3 Å². The van der Waals surface area contributed by atoms with Crippen molar-refractivity contribution in [3.63, 3.8) is 0 Å². The molecule has 7 heteroatoms. The molecule has 0 amide bonds. The number of hydrogen-bond donors (Lipinski definition) is 0. The monoisotopic (exact) mass is 684 g/mol. The Labute approximate surface area is 276 Å². The number of aromatic nitrogens is 4. The second-order valence-electron chi connectivity index (χ2n) is 12.1. The van der Waals surface area contributed by atoms with Crippen molar-refractivity contribution in [3.8, 4) is 34.1 Å². The zero-order chi connectivity index (χ0) is 30.6. The molecule has 0 aliphatic rings. The van der Waals surface area contributed by atoms with Crippen LogP contribution in [0.15, 0.2) is 97.2 Å². The molecule has 0 aliphatic heterocycles. The number of rotatable bonds is 5. The minimum Gasteiger partial charge on any atom is -0.509 e. The van der Waals surface area contributed by atoms with Gasteiger partial charge >= 0.3 is 20.4 Å². The third-order valence-electron chi connectivity index (χ3n) is 7.99. The van der Waals surface area contributed by atoms with Gasteiger partial charge in [-0.15, -0.1) is 41.3 Å². The fraction of sp³-hybridized carbons (Fsp3) is 0.158. The maximum atomic E-state index is 14.3. The van der Waals surface area contributed by atoms with Gasteiger partial charge in [-0.1, -0.05) is 74.8 Å². The Hall–Kier alpha value is -4.57. The van der Waals surface area contributed by atoms with Crippen LogP contribution in [0.3, 0.4) is 0 Å². The van der Waals surface area contributed by atoms with Gasteiger partial charge in [-0.25, -0.2) is 9.37 Å². The van der Waals surface area contributed by atoms with Gasteiger partial charge in [0.2, 0.25) is 0 Å². The molecule has 0 unspecified atom stereocenters. The predicted molar refractivity (Wildman–Crippen MR) is 173 cm³/mol. The number of halogens is 1. The molecule has 7 rings (SSSR count). The summed E-state index contributed by atoms with van der Waals surface area (Å²) >= 11 is 0. The summed E-state index contributed by atoms with van der Waals surface area (Å²) in [5.41, 5.74) is 7.62. The summed E-state index contributed by atoms with van der Waals surface area (Å²) in [4.78, 5) is 4.47. The third-order valence-corrected chi connectivity index (χ3v) is 7.99. The van der Waals surface area contributed by atoms with E-state index in [1.54, 1.807) is 0 Å². The number of hydrogen-bond acceptors (Lipinski definition) is 3. The summed E-state index contributed by atoms with van der Waals surface area (Å²) < 4.78 is 24.6. The molecular formula is C38H31FN4OPd. The topological polar surface area (TPSA) is 44.9 Å². The van der Waals surface area contributed by atoms with Crippen molar-refractivity contribution in [1.82, 2.24) is 19.3 Å². The molecule has 0 radical (unpaired) electrons. The molecule has 7 aromatic rings. The predicted octanol–water partition coefficient (Wildman–Crippen LogP) is 9.48. The molecule has 0 saturated heterocycles. The van der Waals surface area contributed by atoms with Crippen molar-refractivity contribution in [2.75, 3.05) is 0 Å². The van der Waals surface area contributed by atoms with E-state index in [2.05, 4.69) is 63.0 Å². The molecule has 226 valence electrons. The fourth-order valence-corrected chi connectivity index (χ4v) is 5.84. The first-order valence-electron chi connectivity index (χ1n) is 14.6. The van der Waals surface area contributed by atoms with Gasteiger partial charge in [0.05, 0.1) is 5.69 Å². The van der Waals surface area contributed by atoms with Gasteiger partial charge in [-0.05, 0) is 48.0 Å². The Balaban J connectivity index is 0.00000357.